The van der Waals surface area contributed by atoms with Gasteiger partial charge in [-0.1, -0.05) is 41.9 Å². The summed E-state index contributed by atoms with van der Waals surface area (Å²) in [6.07, 6.45) is 2.68. The molecule has 0 bridgehead atoms. The molecule has 130 valence electrons. The van der Waals surface area contributed by atoms with Gasteiger partial charge in [0.2, 0.25) is 5.89 Å². The van der Waals surface area contributed by atoms with Gasteiger partial charge < -0.3 is 14.3 Å². The van der Waals surface area contributed by atoms with Crippen molar-refractivity contribution in [3.8, 4) is 16.9 Å². The number of rotatable bonds is 4. The predicted octanol–water partition coefficient (Wildman–Crippen LogP) is 4.75. The molecule has 1 atom stereocenters. The first kappa shape index (κ1) is 18.9. The molecular weight excluding hydrogens is 362 g/mol. The zero-order chi connectivity index (χ0) is 18.2. The lowest BCUT2D eigenvalue weighted by Crippen LogP contribution is -2.04. The third-order valence-electron chi connectivity index (χ3n) is 3.19. The molecule has 0 saturated carbocycles. The lowest BCUT2D eigenvalue weighted by molar-refractivity contribution is -0.136. The average molecular weight is 378 g/mol. The fourth-order valence-electron chi connectivity index (χ4n) is 1.94. The number of methoxy groups -OCH3 is 1. The zero-order valence-electron chi connectivity index (χ0n) is 13.3. The van der Waals surface area contributed by atoms with E-state index >= 15 is 0 Å². The van der Waals surface area contributed by atoms with E-state index in [2.05, 4.69) is 22.0 Å². The number of carbonyl (C=O) groups is 1. The van der Waals surface area contributed by atoms with Crippen LogP contribution in [0.2, 0.25) is 5.02 Å². The molecule has 1 N–H and O–H groups in total. The minimum atomic E-state index is -1.06. The zero-order valence-corrected chi connectivity index (χ0v) is 14.9. The Bertz CT molecular complexity index is 806. The van der Waals surface area contributed by atoms with Crippen LogP contribution < -0.4 is 4.74 Å². The van der Waals surface area contributed by atoms with Gasteiger partial charge in [-0.05, 0) is 23.8 Å². The van der Waals surface area contributed by atoms with Crippen molar-refractivity contribution in [2.24, 2.45) is 0 Å². The van der Waals surface area contributed by atoms with E-state index in [-0.39, 0.29) is 5.89 Å². The highest BCUT2D eigenvalue weighted by atomic mass is 35.5. The number of aromatic nitrogens is 1. The highest BCUT2D eigenvalue weighted by Crippen LogP contribution is 2.28. The van der Waals surface area contributed by atoms with Crippen LogP contribution in [0.4, 0.5) is 0 Å². The Labute approximate surface area is 155 Å². The van der Waals surface area contributed by atoms with Crippen molar-refractivity contribution in [2.45, 2.75) is 5.25 Å². The van der Waals surface area contributed by atoms with Crippen molar-refractivity contribution in [3.05, 3.63) is 71.9 Å². The molecule has 0 amide bonds. The molecule has 1 unspecified atom stereocenters. The maximum absolute atomic E-state index is 10.2. The number of oxazole rings is 1. The fourth-order valence-corrected chi connectivity index (χ4v) is 2.31. The first-order valence-electron chi connectivity index (χ1n) is 7.22. The number of aliphatic carboxylic acids is 1. The van der Waals surface area contributed by atoms with Crippen LogP contribution in [0.1, 0.15) is 11.1 Å². The SMILES string of the molecule is COc1ccc(-c2ccccc2Cl)cc1.O=C(O)C(S)c1ncco1. The van der Waals surface area contributed by atoms with Gasteiger partial charge in [-0.15, -0.1) is 0 Å². The molecule has 5 nitrogen and oxygen atoms in total. The van der Waals surface area contributed by atoms with Crippen molar-refractivity contribution >= 4 is 30.2 Å². The van der Waals surface area contributed by atoms with Crippen molar-refractivity contribution in [1.82, 2.24) is 4.98 Å². The van der Waals surface area contributed by atoms with Crippen molar-refractivity contribution in [1.29, 1.82) is 0 Å². The van der Waals surface area contributed by atoms with Gasteiger partial charge in [0.15, 0.2) is 5.25 Å². The summed E-state index contributed by atoms with van der Waals surface area (Å²) in [7, 11) is 1.66. The number of benzene rings is 2. The molecule has 0 aliphatic heterocycles. The Kier molecular flexibility index (Phi) is 6.91. The number of ether oxygens (including phenoxy) is 1. The number of hydrogen-bond acceptors (Lipinski definition) is 5. The molecule has 1 aromatic heterocycles. The smallest absolute Gasteiger partial charge is 0.325 e. The predicted molar refractivity (Wildman–Crippen MR) is 99.3 cm³/mol. The molecule has 0 spiro atoms. The Morgan fingerprint density at radius 3 is 2.44 bits per heavy atom. The van der Waals surface area contributed by atoms with Gasteiger partial charge >= 0.3 is 5.97 Å². The average Bonchev–Trinajstić information content (AvgIpc) is 3.17. The second kappa shape index (κ2) is 9.15. The summed E-state index contributed by atoms with van der Waals surface area (Å²) in [6, 6.07) is 15.7. The fraction of sp³-hybridized carbons (Fsp3) is 0.111. The maximum atomic E-state index is 10.2. The Morgan fingerprint density at radius 1 is 1.24 bits per heavy atom. The summed E-state index contributed by atoms with van der Waals surface area (Å²) >= 11 is 9.83. The molecular formula is C18H16ClNO4S. The highest BCUT2D eigenvalue weighted by molar-refractivity contribution is 7.81. The maximum Gasteiger partial charge on any atom is 0.325 e. The topological polar surface area (TPSA) is 72.6 Å². The van der Waals surface area contributed by atoms with Gasteiger partial charge in [0.25, 0.3) is 0 Å². The second-order valence-electron chi connectivity index (χ2n) is 4.82. The van der Waals surface area contributed by atoms with Gasteiger partial charge in [-0.25, -0.2) is 4.98 Å². The molecule has 0 fully saturated rings. The van der Waals surface area contributed by atoms with E-state index in [1.54, 1.807) is 7.11 Å². The molecule has 0 aliphatic carbocycles. The number of nitrogens with zero attached hydrogens (tertiary/aromatic N) is 1. The molecule has 3 rings (SSSR count). The molecule has 3 aromatic rings. The third kappa shape index (κ3) is 5.27. The Hall–Kier alpha value is -2.44. The minimum Gasteiger partial charge on any atom is -0.497 e. The van der Waals surface area contributed by atoms with E-state index < -0.39 is 11.2 Å². The van der Waals surface area contributed by atoms with E-state index in [1.807, 2.05) is 48.5 Å². The Morgan fingerprint density at radius 2 is 1.92 bits per heavy atom. The summed E-state index contributed by atoms with van der Waals surface area (Å²) in [5.74, 6) is -0.104. The first-order chi connectivity index (χ1) is 12.0. The van der Waals surface area contributed by atoms with E-state index in [0.717, 1.165) is 21.9 Å². The summed E-state index contributed by atoms with van der Waals surface area (Å²) in [5, 5.41) is 8.18. The first-order valence-corrected chi connectivity index (χ1v) is 8.11. The van der Waals surface area contributed by atoms with E-state index in [1.165, 1.54) is 12.5 Å². The van der Waals surface area contributed by atoms with Crippen molar-refractivity contribution in [2.75, 3.05) is 7.11 Å². The summed E-state index contributed by atoms with van der Waals surface area (Å²) in [4.78, 5) is 13.8. The molecule has 1 heterocycles. The number of carboxylic acid groups (broad SMARTS) is 1. The third-order valence-corrected chi connectivity index (χ3v) is 3.97. The van der Waals surface area contributed by atoms with Crippen LogP contribution in [0, 0.1) is 0 Å². The van der Waals surface area contributed by atoms with Crippen LogP contribution >= 0.6 is 24.2 Å². The van der Waals surface area contributed by atoms with E-state index in [0.29, 0.717) is 0 Å². The molecule has 0 radical (unpaired) electrons. The van der Waals surface area contributed by atoms with Gasteiger partial charge in [-0.2, -0.15) is 12.6 Å². The van der Waals surface area contributed by atoms with Crippen LogP contribution in [-0.2, 0) is 4.79 Å². The molecule has 2 aromatic carbocycles. The van der Waals surface area contributed by atoms with Crippen LogP contribution in [0.5, 0.6) is 5.75 Å². The van der Waals surface area contributed by atoms with E-state index in [4.69, 9.17) is 21.4 Å². The van der Waals surface area contributed by atoms with Gasteiger partial charge in [-0.3, -0.25) is 4.79 Å². The molecule has 0 saturated heterocycles. The standard InChI is InChI=1S/C13H11ClO.C5H5NO3S/c1-15-11-8-6-10(7-9-11)12-4-2-3-5-13(12)14;7-5(8)3(10)4-6-1-2-9-4/h2-9H,1H3;1-3,10H,(H,7,8). The van der Waals surface area contributed by atoms with Crippen LogP contribution in [0.25, 0.3) is 11.1 Å². The highest BCUT2D eigenvalue weighted by Gasteiger charge is 2.18. The van der Waals surface area contributed by atoms with Gasteiger partial charge in [0.05, 0.1) is 13.3 Å². The molecule has 25 heavy (non-hydrogen) atoms. The van der Waals surface area contributed by atoms with Crippen molar-refractivity contribution in [3.63, 3.8) is 0 Å². The molecule has 7 heteroatoms. The van der Waals surface area contributed by atoms with Crippen LogP contribution in [-0.4, -0.2) is 23.2 Å². The van der Waals surface area contributed by atoms with E-state index in [9.17, 15) is 4.79 Å². The monoisotopic (exact) mass is 377 g/mol. The summed E-state index contributed by atoms with van der Waals surface area (Å²) in [6.45, 7) is 0. The van der Waals surface area contributed by atoms with Crippen LogP contribution in [0.15, 0.2) is 65.4 Å². The van der Waals surface area contributed by atoms with Gasteiger partial charge in [0, 0.05) is 10.6 Å². The molecule has 0 aliphatic rings. The number of thiol groups is 1. The van der Waals surface area contributed by atoms with Crippen LogP contribution in [0.3, 0.4) is 0 Å². The minimum absolute atomic E-state index is 0.107. The summed E-state index contributed by atoms with van der Waals surface area (Å²) in [5.41, 5.74) is 2.14. The van der Waals surface area contributed by atoms with Gasteiger partial charge in [0.1, 0.15) is 12.0 Å². The lowest BCUT2D eigenvalue weighted by Gasteiger charge is -2.05. The Balaban J connectivity index is 0.000000196. The lowest BCUT2D eigenvalue weighted by atomic mass is 10.1. The number of carboxylic acids is 1. The second-order valence-corrected chi connectivity index (χ2v) is 5.74. The van der Waals surface area contributed by atoms with Crippen molar-refractivity contribution < 1.29 is 19.1 Å². The largest absolute Gasteiger partial charge is 0.497 e. The quantitative estimate of drug-likeness (QED) is 0.642. The number of hydrogen-bond donors (Lipinski definition) is 2. The normalized spacial score (nSPS) is 11.2. The number of halogens is 1. The summed E-state index contributed by atoms with van der Waals surface area (Å²) < 4.78 is 9.79.